The predicted molar refractivity (Wildman–Crippen MR) is 130 cm³/mol. The zero-order valence-electron chi connectivity index (χ0n) is 19.6. The fourth-order valence-electron chi connectivity index (χ4n) is 5.35. The van der Waals surface area contributed by atoms with Gasteiger partial charge in [0.05, 0.1) is 24.0 Å². The van der Waals surface area contributed by atoms with Gasteiger partial charge in [-0.1, -0.05) is 6.07 Å². The molecule has 2 aliphatic rings. The molecule has 1 aliphatic carbocycles. The van der Waals surface area contributed by atoms with E-state index < -0.39 is 0 Å². The van der Waals surface area contributed by atoms with Gasteiger partial charge in [0.15, 0.2) is 0 Å². The topological polar surface area (TPSA) is 81.5 Å². The lowest BCUT2D eigenvalue weighted by atomic mass is 9.91. The van der Waals surface area contributed by atoms with Crippen LogP contribution in [0.1, 0.15) is 41.7 Å². The number of nitrogens with one attached hydrogen (secondary N) is 1. The second kappa shape index (κ2) is 9.15. The number of anilines is 1. The average Bonchev–Trinajstić information content (AvgIpc) is 3.53. The van der Waals surface area contributed by atoms with Gasteiger partial charge in [0.2, 0.25) is 5.95 Å². The molecule has 4 aromatic rings. The Bertz CT molecular complexity index is 1240. The van der Waals surface area contributed by atoms with Crippen molar-refractivity contribution in [3.63, 3.8) is 0 Å². The highest BCUT2D eigenvalue weighted by Crippen LogP contribution is 2.32. The maximum Gasteiger partial charge on any atom is 0.211 e. The number of pyridine rings is 1. The Hall–Kier alpha value is -3.30. The van der Waals surface area contributed by atoms with Crippen LogP contribution in [0.25, 0.3) is 5.65 Å². The Labute approximate surface area is 199 Å². The van der Waals surface area contributed by atoms with E-state index in [4.69, 9.17) is 15.0 Å². The number of nitrogens with zero attached hydrogens (tertiary/aromatic N) is 8. The summed E-state index contributed by atoms with van der Waals surface area (Å²) in [5.74, 6) is 1.99. The van der Waals surface area contributed by atoms with Gasteiger partial charge in [0, 0.05) is 63.7 Å². The predicted octanol–water partition coefficient (Wildman–Crippen LogP) is 2.68. The minimum absolute atomic E-state index is 0.342. The van der Waals surface area contributed by atoms with Gasteiger partial charge >= 0.3 is 0 Å². The highest BCUT2D eigenvalue weighted by molar-refractivity contribution is 5.48. The van der Waals surface area contributed by atoms with E-state index in [1.165, 1.54) is 17.7 Å². The highest BCUT2D eigenvalue weighted by Gasteiger charge is 2.26. The summed E-state index contributed by atoms with van der Waals surface area (Å²) in [6.45, 7) is 5.49. The number of aryl methyl sites for hydroxylation is 1. The number of H-pyrrole nitrogens is 1. The van der Waals surface area contributed by atoms with Gasteiger partial charge in [0.25, 0.3) is 0 Å². The molecule has 1 atom stereocenters. The molecule has 1 saturated heterocycles. The van der Waals surface area contributed by atoms with Crippen molar-refractivity contribution in [2.75, 3.05) is 38.1 Å². The van der Waals surface area contributed by atoms with E-state index in [1.807, 2.05) is 30.9 Å². The molecule has 1 N–H and O–H groups in total. The lowest BCUT2D eigenvalue weighted by Gasteiger charge is -2.34. The Morgan fingerprint density at radius 3 is 2.82 bits per heavy atom. The maximum absolute atomic E-state index is 4.94. The Balaban J connectivity index is 1.16. The number of piperazine rings is 1. The molecular weight excluding hydrogens is 426 g/mol. The number of fused-ring (bicyclic) bond motifs is 2. The molecule has 34 heavy (non-hydrogen) atoms. The van der Waals surface area contributed by atoms with Crippen LogP contribution in [0.4, 0.5) is 5.95 Å². The summed E-state index contributed by atoms with van der Waals surface area (Å²) in [6, 6.07) is 6.61. The van der Waals surface area contributed by atoms with Gasteiger partial charge in [-0.2, -0.15) is 0 Å². The van der Waals surface area contributed by atoms with E-state index in [0.29, 0.717) is 6.04 Å². The Kier molecular flexibility index (Phi) is 5.72. The lowest BCUT2D eigenvalue weighted by Crippen LogP contribution is -2.46. The third-order valence-electron chi connectivity index (χ3n) is 7.10. The SMILES string of the molecule is CN(Cc1cn2c(N3CCN(Cc4ncc[nH]4)CC3)nccc2n1)C1CCCc2cccnc21. The van der Waals surface area contributed by atoms with Crippen molar-refractivity contribution in [1.29, 1.82) is 0 Å². The molecule has 9 nitrogen and oxygen atoms in total. The summed E-state index contributed by atoms with van der Waals surface area (Å²) in [6.07, 6.45) is 13.1. The van der Waals surface area contributed by atoms with Crippen LogP contribution in [0.5, 0.6) is 0 Å². The van der Waals surface area contributed by atoms with E-state index in [0.717, 1.165) is 75.2 Å². The first kappa shape index (κ1) is 21.2. The van der Waals surface area contributed by atoms with Gasteiger partial charge in [-0.05, 0) is 44.0 Å². The molecule has 0 aromatic carbocycles. The molecule has 0 saturated carbocycles. The van der Waals surface area contributed by atoms with Crippen molar-refractivity contribution in [1.82, 2.24) is 39.1 Å². The van der Waals surface area contributed by atoms with Crippen LogP contribution in [0.3, 0.4) is 0 Å². The van der Waals surface area contributed by atoms with E-state index >= 15 is 0 Å². The fourth-order valence-corrected chi connectivity index (χ4v) is 5.35. The van der Waals surface area contributed by atoms with Gasteiger partial charge in [-0.15, -0.1) is 0 Å². The first-order valence-electron chi connectivity index (χ1n) is 12.2. The largest absolute Gasteiger partial charge is 0.348 e. The van der Waals surface area contributed by atoms with Gasteiger partial charge in [-0.3, -0.25) is 19.2 Å². The highest BCUT2D eigenvalue weighted by atomic mass is 15.3. The number of rotatable bonds is 6. The third kappa shape index (κ3) is 4.17. The summed E-state index contributed by atoms with van der Waals surface area (Å²) >= 11 is 0. The van der Waals surface area contributed by atoms with Crippen molar-refractivity contribution >= 4 is 11.6 Å². The Morgan fingerprint density at radius 2 is 1.97 bits per heavy atom. The minimum atomic E-state index is 0.342. The molecule has 0 radical (unpaired) electrons. The number of aromatic nitrogens is 6. The minimum Gasteiger partial charge on any atom is -0.348 e. The number of imidazole rings is 2. The number of hydrogen-bond acceptors (Lipinski definition) is 7. The fraction of sp³-hybridized carbons (Fsp3) is 0.440. The molecule has 6 rings (SSSR count). The molecular formula is C25H31N9. The van der Waals surface area contributed by atoms with E-state index in [1.54, 1.807) is 0 Å². The molecule has 1 fully saturated rings. The normalized spacial score (nSPS) is 19.1. The summed E-state index contributed by atoms with van der Waals surface area (Å²) in [5.41, 5.74) is 4.64. The second-order valence-electron chi connectivity index (χ2n) is 9.38. The van der Waals surface area contributed by atoms with Crippen LogP contribution in [0.2, 0.25) is 0 Å². The first-order valence-corrected chi connectivity index (χ1v) is 12.2. The van der Waals surface area contributed by atoms with Crippen molar-refractivity contribution < 1.29 is 0 Å². The van der Waals surface area contributed by atoms with Crippen LogP contribution in [-0.2, 0) is 19.5 Å². The molecule has 9 heteroatoms. The van der Waals surface area contributed by atoms with E-state index in [2.05, 4.69) is 54.4 Å². The monoisotopic (exact) mass is 457 g/mol. The summed E-state index contributed by atoms with van der Waals surface area (Å²) in [5, 5.41) is 0. The Morgan fingerprint density at radius 1 is 1.06 bits per heavy atom. The first-order chi connectivity index (χ1) is 16.7. The van der Waals surface area contributed by atoms with Crippen LogP contribution < -0.4 is 4.90 Å². The smallest absolute Gasteiger partial charge is 0.211 e. The van der Waals surface area contributed by atoms with E-state index in [9.17, 15) is 0 Å². The standard InChI is InChI=1S/C25H31N9/c1-31(21-6-2-4-19-5-3-8-28-24(19)21)16-20-17-34-23(30-20)7-9-29-25(34)33-14-12-32(13-15-33)18-22-26-10-11-27-22/h3,5,7-11,17,21H,2,4,6,12-16,18H2,1H3,(H,26,27). The zero-order valence-corrected chi connectivity index (χ0v) is 19.6. The average molecular weight is 458 g/mol. The van der Waals surface area contributed by atoms with Crippen LogP contribution in [0, 0.1) is 0 Å². The van der Waals surface area contributed by atoms with Crippen molar-refractivity contribution in [2.45, 2.75) is 38.4 Å². The van der Waals surface area contributed by atoms with E-state index in [-0.39, 0.29) is 0 Å². The van der Waals surface area contributed by atoms with Crippen molar-refractivity contribution in [3.05, 3.63) is 72.0 Å². The third-order valence-corrected chi connectivity index (χ3v) is 7.10. The van der Waals surface area contributed by atoms with Crippen molar-refractivity contribution in [3.8, 4) is 0 Å². The van der Waals surface area contributed by atoms with Gasteiger partial charge < -0.3 is 9.88 Å². The van der Waals surface area contributed by atoms with Crippen LogP contribution >= 0.6 is 0 Å². The van der Waals surface area contributed by atoms with Gasteiger partial charge in [0.1, 0.15) is 11.5 Å². The zero-order chi connectivity index (χ0) is 22.9. The maximum atomic E-state index is 4.94. The molecule has 0 bridgehead atoms. The second-order valence-corrected chi connectivity index (χ2v) is 9.38. The summed E-state index contributed by atoms with van der Waals surface area (Å²) < 4.78 is 2.15. The molecule has 5 heterocycles. The quantitative estimate of drug-likeness (QED) is 0.477. The molecule has 4 aromatic heterocycles. The summed E-state index contributed by atoms with van der Waals surface area (Å²) in [4.78, 5) is 29.1. The van der Waals surface area contributed by atoms with Crippen molar-refractivity contribution in [2.24, 2.45) is 0 Å². The molecule has 1 aliphatic heterocycles. The molecule has 176 valence electrons. The molecule has 0 amide bonds. The van der Waals surface area contributed by atoms with Crippen LogP contribution in [-0.4, -0.2) is 72.3 Å². The molecule has 1 unspecified atom stereocenters. The molecule has 0 spiro atoms. The lowest BCUT2D eigenvalue weighted by molar-refractivity contribution is 0.206. The number of aromatic amines is 1. The summed E-state index contributed by atoms with van der Waals surface area (Å²) in [7, 11) is 2.19. The number of hydrogen-bond donors (Lipinski definition) is 1. The van der Waals surface area contributed by atoms with Crippen LogP contribution in [0.15, 0.2) is 49.2 Å². The van der Waals surface area contributed by atoms with Gasteiger partial charge in [-0.25, -0.2) is 15.0 Å².